The molecule has 0 fully saturated rings. The Morgan fingerprint density at radius 1 is 0.385 bits per heavy atom. The van der Waals surface area contributed by atoms with Crippen LogP contribution in [0.4, 0.5) is 0 Å². The molecule has 0 atom stereocenters. The van der Waals surface area contributed by atoms with E-state index in [0.717, 1.165) is 44.3 Å². The Labute approximate surface area is 224 Å². The summed E-state index contributed by atoms with van der Waals surface area (Å²) in [6.45, 7) is 0. The predicted octanol–water partition coefficient (Wildman–Crippen LogP) is 7.98. The van der Waals surface area contributed by atoms with Crippen LogP contribution in [0.15, 0.2) is 127 Å². The fourth-order valence-electron chi connectivity index (χ4n) is 5.39. The van der Waals surface area contributed by atoms with Crippen molar-refractivity contribution < 1.29 is 0 Å². The summed E-state index contributed by atoms with van der Waals surface area (Å²) in [5.41, 5.74) is 6.83. The van der Waals surface area contributed by atoms with Gasteiger partial charge in [-0.25, -0.2) is 19.9 Å². The maximum atomic E-state index is 5.13. The summed E-state index contributed by atoms with van der Waals surface area (Å²) in [6, 6.07) is 43.4. The van der Waals surface area contributed by atoms with Crippen molar-refractivity contribution in [1.82, 2.24) is 24.3 Å². The van der Waals surface area contributed by atoms with Crippen LogP contribution >= 0.6 is 0 Å². The first-order valence-corrected chi connectivity index (χ1v) is 12.9. The highest BCUT2D eigenvalue weighted by atomic mass is 15.0. The first-order chi connectivity index (χ1) is 19.3. The summed E-state index contributed by atoms with van der Waals surface area (Å²) < 4.78 is 2.26. The molecule has 0 unspecified atom stereocenters. The number of imidazole rings is 1. The fraction of sp³-hybridized carbons (Fsp3) is 0. The summed E-state index contributed by atoms with van der Waals surface area (Å²) in [4.78, 5) is 19.8. The van der Waals surface area contributed by atoms with Crippen LogP contribution in [0.2, 0.25) is 0 Å². The number of fused-ring (bicyclic) bond motifs is 8. The second-order valence-corrected chi connectivity index (χ2v) is 9.58. The highest BCUT2D eigenvalue weighted by Gasteiger charge is 2.16. The topological polar surface area (TPSA) is 56.0 Å². The average molecular weight is 500 g/mol. The van der Waals surface area contributed by atoms with E-state index < -0.39 is 0 Å². The third-order valence-corrected chi connectivity index (χ3v) is 7.22. The van der Waals surface area contributed by atoms with Gasteiger partial charge in [0.25, 0.3) is 0 Å². The maximum absolute atomic E-state index is 5.13. The van der Waals surface area contributed by atoms with Crippen LogP contribution in [0.5, 0.6) is 0 Å². The SMILES string of the molecule is c1ccc(-c2nc(-c3ccccc3)nc(-c3ccc4c(c3)nc3c5ccccc5c5ccccc5n43)n2)cc1. The number of para-hydroxylation sites is 1. The lowest BCUT2D eigenvalue weighted by molar-refractivity contribution is 1.07. The van der Waals surface area contributed by atoms with Gasteiger partial charge in [0, 0.05) is 27.5 Å². The van der Waals surface area contributed by atoms with Gasteiger partial charge in [-0.15, -0.1) is 0 Å². The van der Waals surface area contributed by atoms with Crippen LogP contribution in [0.25, 0.3) is 72.5 Å². The zero-order chi connectivity index (χ0) is 25.8. The van der Waals surface area contributed by atoms with Gasteiger partial charge in [-0.05, 0) is 29.7 Å². The van der Waals surface area contributed by atoms with E-state index in [1.165, 1.54) is 10.8 Å². The molecule has 5 aromatic carbocycles. The first-order valence-electron chi connectivity index (χ1n) is 12.9. The molecule has 182 valence electrons. The molecule has 5 heteroatoms. The van der Waals surface area contributed by atoms with Crippen molar-refractivity contribution in [2.24, 2.45) is 0 Å². The molecule has 8 rings (SSSR count). The third kappa shape index (κ3) is 3.48. The van der Waals surface area contributed by atoms with Crippen molar-refractivity contribution >= 4 is 38.4 Å². The van der Waals surface area contributed by atoms with Crippen LogP contribution in [0.3, 0.4) is 0 Å². The van der Waals surface area contributed by atoms with Crippen molar-refractivity contribution in [3.8, 4) is 34.2 Å². The molecule has 39 heavy (non-hydrogen) atoms. The number of rotatable bonds is 3. The summed E-state index contributed by atoms with van der Waals surface area (Å²) in [5.74, 6) is 1.91. The van der Waals surface area contributed by atoms with E-state index in [4.69, 9.17) is 19.9 Å². The van der Waals surface area contributed by atoms with Crippen molar-refractivity contribution in [3.63, 3.8) is 0 Å². The minimum atomic E-state index is 0.622. The number of hydrogen-bond acceptors (Lipinski definition) is 4. The zero-order valence-electron chi connectivity index (χ0n) is 20.9. The molecule has 0 aliphatic carbocycles. The summed E-state index contributed by atoms with van der Waals surface area (Å²) in [6.07, 6.45) is 0. The Kier molecular flexibility index (Phi) is 4.76. The lowest BCUT2D eigenvalue weighted by Crippen LogP contribution is -2.00. The summed E-state index contributed by atoms with van der Waals surface area (Å²) >= 11 is 0. The van der Waals surface area contributed by atoms with E-state index in [9.17, 15) is 0 Å². The quantitative estimate of drug-likeness (QED) is 0.231. The summed E-state index contributed by atoms with van der Waals surface area (Å²) in [5, 5.41) is 3.54. The van der Waals surface area contributed by atoms with Gasteiger partial charge in [0.2, 0.25) is 0 Å². The van der Waals surface area contributed by atoms with Crippen molar-refractivity contribution in [3.05, 3.63) is 127 Å². The molecule has 0 saturated heterocycles. The van der Waals surface area contributed by atoms with Crippen LogP contribution in [-0.4, -0.2) is 24.3 Å². The Morgan fingerprint density at radius 3 is 1.59 bits per heavy atom. The maximum Gasteiger partial charge on any atom is 0.164 e. The second-order valence-electron chi connectivity index (χ2n) is 9.58. The van der Waals surface area contributed by atoms with Gasteiger partial charge in [-0.1, -0.05) is 103 Å². The minimum absolute atomic E-state index is 0.622. The third-order valence-electron chi connectivity index (χ3n) is 7.22. The van der Waals surface area contributed by atoms with Gasteiger partial charge < -0.3 is 0 Å². The molecule has 0 spiro atoms. The van der Waals surface area contributed by atoms with Crippen molar-refractivity contribution in [2.75, 3.05) is 0 Å². The molecule has 0 saturated carbocycles. The minimum Gasteiger partial charge on any atom is -0.292 e. The second kappa shape index (κ2) is 8.57. The van der Waals surface area contributed by atoms with E-state index in [-0.39, 0.29) is 0 Å². The Morgan fingerprint density at radius 2 is 0.923 bits per heavy atom. The summed E-state index contributed by atoms with van der Waals surface area (Å²) in [7, 11) is 0. The Bertz CT molecular complexity index is 2110. The molecule has 0 bridgehead atoms. The Hall–Kier alpha value is -5.42. The zero-order valence-corrected chi connectivity index (χ0v) is 20.9. The van der Waals surface area contributed by atoms with Crippen molar-refractivity contribution in [1.29, 1.82) is 0 Å². The van der Waals surface area contributed by atoms with Crippen LogP contribution in [0, 0.1) is 0 Å². The molecular weight excluding hydrogens is 478 g/mol. The molecule has 0 aliphatic rings. The predicted molar refractivity (Wildman–Crippen MR) is 157 cm³/mol. The monoisotopic (exact) mass is 499 g/mol. The van der Waals surface area contributed by atoms with E-state index in [0.29, 0.717) is 17.5 Å². The molecular formula is C34H21N5. The highest BCUT2D eigenvalue weighted by molar-refractivity contribution is 6.13. The van der Waals surface area contributed by atoms with E-state index >= 15 is 0 Å². The number of nitrogens with zero attached hydrogens (tertiary/aromatic N) is 5. The molecule has 0 aliphatic heterocycles. The highest BCUT2D eigenvalue weighted by Crippen LogP contribution is 2.33. The molecule has 8 aromatic rings. The van der Waals surface area contributed by atoms with Gasteiger partial charge in [0.15, 0.2) is 17.5 Å². The normalized spacial score (nSPS) is 11.6. The molecule has 3 aromatic heterocycles. The van der Waals surface area contributed by atoms with Crippen LogP contribution < -0.4 is 0 Å². The fourth-order valence-corrected chi connectivity index (χ4v) is 5.39. The lowest BCUT2D eigenvalue weighted by Gasteiger charge is -2.09. The van der Waals surface area contributed by atoms with Gasteiger partial charge in [0.1, 0.15) is 5.65 Å². The average Bonchev–Trinajstić information content (AvgIpc) is 3.41. The number of pyridine rings is 1. The van der Waals surface area contributed by atoms with E-state index in [1.54, 1.807) is 0 Å². The first kappa shape index (κ1) is 21.6. The van der Waals surface area contributed by atoms with E-state index in [1.807, 2.05) is 60.7 Å². The van der Waals surface area contributed by atoms with Gasteiger partial charge >= 0.3 is 0 Å². The number of aromatic nitrogens is 5. The molecule has 0 N–H and O–H groups in total. The largest absolute Gasteiger partial charge is 0.292 e. The van der Waals surface area contributed by atoms with Crippen LogP contribution in [-0.2, 0) is 0 Å². The van der Waals surface area contributed by atoms with Gasteiger partial charge in [-0.3, -0.25) is 4.40 Å². The Balaban J connectivity index is 1.38. The van der Waals surface area contributed by atoms with Gasteiger partial charge in [0.05, 0.1) is 16.6 Å². The lowest BCUT2D eigenvalue weighted by atomic mass is 10.1. The molecule has 0 radical (unpaired) electrons. The molecule has 5 nitrogen and oxygen atoms in total. The van der Waals surface area contributed by atoms with Gasteiger partial charge in [-0.2, -0.15) is 0 Å². The standard InChI is InChI=1S/C34H21N5/c1-3-11-22(12-4-1)31-36-32(23-13-5-2-6-14-23)38-33(37-31)24-19-20-30-28(21-24)35-34-27-17-8-7-15-25(27)26-16-9-10-18-29(26)39(30)34/h1-21H. The smallest absolute Gasteiger partial charge is 0.164 e. The molecule has 3 heterocycles. The molecule has 0 amide bonds. The van der Waals surface area contributed by atoms with Crippen molar-refractivity contribution in [2.45, 2.75) is 0 Å². The van der Waals surface area contributed by atoms with E-state index in [2.05, 4.69) is 71.1 Å². The number of hydrogen-bond donors (Lipinski definition) is 0. The van der Waals surface area contributed by atoms with Crippen LogP contribution in [0.1, 0.15) is 0 Å². The number of benzene rings is 5.